The number of rotatable bonds is 7. The van der Waals surface area contributed by atoms with Crippen LogP contribution in [0, 0.1) is 11.3 Å². The molecule has 0 saturated heterocycles. The number of nitriles is 1. The molecule has 3 rings (SSSR count). The van der Waals surface area contributed by atoms with Gasteiger partial charge in [-0.2, -0.15) is 5.26 Å². The van der Waals surface area contributed by atoms with Gasteiger partial charge in [-0.15, -0.1) is 0 Å². The van der Waals surface area contributed by atoms with Gasteiger partial charge in [-0.05, 0) is 66.4 Å². The highest BCUT2D eigenvalue weighted by atomic mass is 79.9. The van der Waals surface area contributed by atoms with Crippen molar-refractivity contribution in [3.05, 3.63) is 99.5 Å². The Morgan fingerprint density at radius 1 is 1.03 bits per heavy atom. The number of hydrogen-bond acceptors (Lipinski definition) is 3. The maximum atomic E-state index is 12.6. The third-order valence-electron chi connectivity index (χ3n) is 4.48. The van der Waals surface area contributed by atoms with Crippen molar-refractivity contribution in [3.8, 4) is 11.8 Å². The quantitative estimate of drug-likeness (QED) is 0.348. The van der Waals surface area contributed by atoms with Crippen molar-refractivity contribution < 1.29 is 9.53 Å². The predicted octanol–water partition coefficient (Wildman–Crippen LogP) is 5.98. The van der Waals surface area contributed by atoms with Gasteiger partial charge < -0.3 is 10.1 Å². The highest BCUT2D eigenvalue weighted by Gasteiger charge is 2.12. The van der Waals surface area contributed by atoms with Crippen molar-refractivity contribution in [1.82, 2.24) is 0 Å². The van der Waals surface area contributed by atoms with Gasteiger partial charge in [0, 0.05) is 10.2 Å². The van der Waals surface area contributed by atoms with Crippen LogP contribution in [0.1, 0.15) is 23.6 Å². The largest absolute Gasteiger partial charge is 0.494 e. The Labute approximate surface area is 184 Å². The highest BCUT2D eigenvalue weighted by Crippen LogP contribution is 2.23. The molecule has 0 aliphatic heterocycles. The second kappa shape index (κ2) is 10.4. The van der Waals surface area contributed by atoms with Crippen molar-refractivity contribution in [2.24, 2.45) is 0 Å². The molecular formula is C25H21BrN2O2. The summed E-state index contributed by atoms with van der Waals surface area (Å²) in [7, 11) is 0. The SMILES string of the molecule is CCOc1ccc(NC(=O)/C(C#N)=C/c2ccccc2Cc2ccccc2Br)cc1. The number of carbonyl (C=O) groups excluding carboxylic acids is 1. The molecule has 3 aromatic carbocycles. The number of anilines is 1. The third kappa shape index (κ3) is 5.59. The molecule has 0 aliphatic carbocycles. The topological polar surface area (TPSA) is 62.1 Å². The zero-order valence-corrected chi connectivity index (χ0v) is 18.1. The molecule has 5 heteroatoms. The first-order chi connectivity index (χ1) is 14.6. The molecule has 0 aliphatic rings. The molecule has 0 aromatic heterocycles. The van der Waals surface area contributed by atoms with Gasteiger partial charge in [0.25, 0.3) is 5.91 Å². The van der Waals surface area contributed by atoms with Crippen molar-refractivity contribution in [3.63, 3.8) is 0 Å². The zero-order valence-electron chi connectivity index (χ0n) is 16.6. The van der Waals surface area contributed by atoms with Crippen molar-refractivity contribution in [1.29, 1.82) is 5.26 Å². The van der Waals surface area contributed by atoms with Crippen LogP contribution in [0.2, 0.25) is 0 Å². The first kappa shape index (κ1) is 21.4. The van der Waals surface area contributed by atoms with Crippen LogP contribution in [-0.4, -0.2) is 12.5 Å². The van der Waals surface area contributed by atoms with Crippen molar-refractivity contribution in [2.45, 2.75) is 13.3 Å². The van der Waals surface area contributed by atoms with Crippen LogP contribution in [-0.2, 0) is 11.2 Å². The van der Waals surface area contributed by atoms with Gasteiger partial charge in [-0.25, -0.2) is 0 Å². The molecule has 3 aromatic rings. The summed E-state index contributed by atoms with van der Waals surface area (Å²) in [5.74, 6) is 0.282. The van der Waals surface area contributed by atoms with E-state index in [1.807, 2.05) is 55.5 Å². The van der Waals surface area contributed by atoms with Gasteiger partial charge >= 0.3 is 0 Å². The Hall–Kier alpha value is -3.36. The molecule has 0 unspecified atom stereocenters. The van der Waals surface area contributed by atoms with Crippen LogP contribution in [0.4, 0.5) is 5.69 Å². The lowest BCUT2D eigenvalue weighted by atomic mass is 9.98. The van der Waals surface area contributed by atoms with Crippen LogP contribution >= 0.6 is 15.9 Å². The van der Waals surface area contributed by atoms with E-state index in [9.17, 15) is 10.1 Å². The first-order valence-corrected chi connectivity index (χ1v) is 10.4. The molecule has 0 radical (unpaired) electrons. The zero-order chi connectivity index (χ0) is 21.3. The van der Waals surface area contributed by atoms with Gasteiger partial charge in [-0.1, -0.05) is 58.4 Å². The van der Waals surface area contributed by atoms with Crippen LogP contribution in [0.15, 0.2) is 82.8 Å². The highest BCUT2D eigenvalue weighted by molar-refractivity contribution is 9.10. The molecule has 0 atom stereocenters. The van der Waals surface area contributed by atoms with E-state index >= 15 is 0 Å². The maximum Gasteiger partial charge on any atom is 0.266 e. The summed E-state index contributed by atoms with van der Waals surface area (Å²) in [6.07, 6.45) is 2.32. The summed E-state index contributed by atoms with van der Waals surface area (Å²) in [6.45, 7) is 2.49. The molecule has 0 saturated carbocycles. The summed E-state index contributed by atoms with van der Waals surface area (Å²) in [4.78, 5) is 12.6. The van der Waals surface area contributed by atoms with Crippen LogP contribution < -0.4 is 10.1 Å². The van der Waals surface area contributed by atoms with E-state index in [1.165, 1.54) is 0 Å². The smallest absolute Gasteiger partial charge is 0.266 e. The van der Waals surface area contributed by atoms with Crippen LogP contribution in [0.25, 0.3) is 6.08 Å². The van der Waals surface area contributed by atoms with E-state index in [0.717, 1.165) is 26.9 Å². The average molecular weight is 461 g/mol. The monoisotopic (exact) mass is 460 g/mol. The molecule has 4 nitrogen and oxygen atoms in total. The fourth-order valence-electron chi connectivity index (χ4n) is 2.99. The second-order valence-corrected chi connectivity index (χ2v) is 7.40. The number of ether oxygens (including phenoxy) is 1. The molecule has 30 heavy (non-hydrogen) atoms. The number of nitrogens with one attached hydrogen (secondary N) is 1. The number of hydrogen-bond donors (Lipinski definition) is 1. The standard InChI is InChI=1S/C25H21BrN2O2/c1-2-30-23-13-11-22(12-14-23)28-25(29)21(17-27)16-19-8-4-3-7-18(19)15-20-9-5-6-10-24(20)26/h3-14,16H,2,15H2,1H3,(H,28,29)/b21-16+. The minimum atomic E-state index is -0.447. The Balaban J connectivity index is 1.81. The van der Waals surface area contributed by atoms with Gasteiger partial charge in [0.1, 0.15) is 17.4 Å². The fourth-order valence-corrected chi connectivity index (χ4v) is 3.41. The van der Waals surface area contributed by atoms with Gasteiger partial charge in [0.05, 0.1) is 6.61 Å². The van der Waals surface area contributed by atoms with E-state index < -0.39 is 5.91 Å². The number of halogens is 1. The normalized spacial score (nSPS) is 10.9. The summed E-state index contributed by atoms with van der Waals surface area (Å²) in [6, 6.07) is 24.9. The van der Waals surface area contributed by atoms with E-state index in [0.29, 0.717) is 18.7 Å². The number of carbonyl (C=O) groups is 1. The Morgan fingerprint density at radius 3 is 2.37 bits per heavy atom. The van der Waals surface area contributed by atoms with Crippen LogP contribution in [0.5, 0.6) is 5.75 Å². The summed E-state index contributed by atoms with van der Waals surface area (Å²) >= 11 is 3.58. The average Bonchev–Trinajstić information content (AvgIpc) is 2.76. The van der Waals surface area contributed by atoms with Crippen molar-refractivity contribution in [2.75, 3.05) is 11.9 Å². The Kier molecular flexibility index (Phi) is 7.42. The third-order valence-corrected chi connectivity index (χ3v) is 5.26. The lowest BCUT2D eigenvalue weighted by molar-refractivity contribution is -0.112. The molecule has 0 spiro atoms. The van der Waals surface area contributed by atoms with E-state index in [1.54, 1.807) is 30.3 Å². The first-order valence-electron chi connectivity index (χ1n) is 9.58. The van der Waals surface area contributed by atoms with Gasteiger partial charge in [0.2, 0.25) is 0 Å². The van der Waals surface area contributed by atoms with Crippen LogP contribution in [0.3, 0.4) is 0 Å². The van der Waals surface area contributed by atoms with E-state index in [4.69, 9.17) is 4.74 Å². The fraction of sp³-hybridized carbons (Fsp3) is 0.120. The van der Waals surface area contributed by atoms with Crippen molar-refractivity contribution >= 4 is 33.6 Å². The molecule has 0 heterocycles. The Morgan fingerprint density at radius 2 is 1.70 bits per heavy atom. The maximum absolute atomic E-state index is 12.6. The lowest BCUT2D eigenvalue weighted by Crippen LogP contribution is -2.13. The van der Waals surface area contributed by atoms with E-state index in [2.05, 4.69) is 27.3 Å². The molecule has 0 fully saturated rings. The van der Waals surface area contributed by atoms with Gasteiger partial charge in [0.15, 0.2) is 0 Å². The molecular weight excluding hydrogens is 440 g/mol. The number of nitrogens with zero attached hydrogens (tertiary/aromatic N) is 1. The summed E-state index contributed by atoms with van der Waals surface area (Å²) in [5, 5.41) is 12.3. The molecule has 1 N–H and O–H groups in total. The summed E-state index contributed by atoms with van der Waals surface area (Å²) < 4.78 is 6.43. The number of amides is 1. The predicted molar refractivity (Wildman–Crippen MR) is 123 cm³/mol. The molecule has 0 bridgehead atoms. The number of benzene rings is 3. The minimum absolute atomic E-state index is 0.0449. The van der Waals surface area contributed by atoms with E-state index in [-0.39, 0.29) is 5.57 Å². The summed E-state index contributed by atoms with van der Waals surface area (Å²) in [5.41, 5.74) is 3.66. The second-order valence-electron chi connectivity index (χ2n) is 6.55. The van der Waals surface area contributed by atoms with Gasteiger partial charge in [-0.3, -0.25) is 4.79 Å². The minimum Gasteiger partial charge on any atom is -0.494 e. The molecule has 150 valence electrons. The Bertz CT molecular complexity index is 1100. The molecule has 1 amide bonds. The lowest BCUT2D eigenvalue weighted by Gasteiger charge is -2.09.